The SMILES string of the molecule is CCCCCCOc1ccc(C(=O)NC(=S)NNC(=O)c2ccccc2I)cc1. The van der Waals surface area contributed by atoms with Gasteiger partial charge in [0.1, 0.15) is 5.75 Å². The molecule has 0 aromatic heterocycles. The largest absolute Gasteiger partial charge is 0.494 e. The molecule has 0 bridgehead atoms. The molecule has 0 unspecified atom stereocenters. The van der Waals surface area contributed by atoms with Crippen LogP contribution in [0, 0.1) is 3.57 Å². The standard InChI is InChI=1S/C21H24IN3O3S/c1-2-3-4-7-14-28-16-12-10-15(11-13-16)19(26)23-21(29)25-24-20(27)17-8-5-6-9-18(17)22/h5-6,8-13H,2-4,7,14H2,1H3,(H,24,27)(H2,23,25,26,29). The van der Waals surface area contributed by atoms with Gasteiger partial charge in [0.25, 0.3) is 11.8 Å². The third-order valence-electron chi connectivity index (χ3n) is 4.02. The van der Waals surface area contributed by atoms with Gasteiger partial charge in [-0.25, -0.2) is 0 Å². The minimum Gasteiger partial charge on any atom is -0.494 e. The molecule has 0 radical (unpaired) electrons. The van der Waals surface area contributed by atoms with Crippen LogP contribution in [0.4, 0.5) is 0 Å². The van der Waals surface area contributed by atoms with Crippen LogP contribution in [0.5, 0.6) is 5.75 Å². The van der Waals surface area contributed by atoms with Gasteiger partial charge < -0.3 is 4.74 Å². The van der Waals surface area contributed by atoms with Crippen molar-refractivity contribution in [3.05, 3.63) is 63.2 Å². The maximum atomic E-state index is 12.3. The molecular weight excluding hydrogens is 501 g/mol. The third-order valence-corrected chi connectivity index (χ3v) is 5.16. The highest BCUT2D eigenvalue weighted by atomic mass is 127. The fourth-order valence-corrected chi connectivity index (χ4v) is 3.23. The topological polar surface area (TPSA) is 79.5 Å². The third kappa shape index (κ3) is 7.98. The first-order chi connectivity index (χ1) is 14.0. The van der Waals surface area contributed by atoms with E-state index in [-0.39, 0.29) is 16.9 Å². The van der Waals surface area contributed by atoms with Gasteiger partial charge in [-0.15, -0.1) is 0 Å². The van der Waals surface area contributed by atoms with E-state index in [1.165, 1.54) is 12.8 Å². The first kappa shape index (κ1) is 23.1. The molecule has 0 spiro atoms. The molecule has 0 aliphatic carbocycles. The average Bonchev–Trinajstić information content (AvgIpc) is 2.72. The molecule has 2 amide bonds. The van der Waals surface area contributed by atoms with Crippen molar-refractivity contribution in [1.29, 1.82) is 0 Å². The van der Waals surface area contributed by atoms with Gasteiger partial charge in [0.15, 0.2) is 5.11 Å². The highest BCUT2D eigenvalue weighted by Gasteiger charge is 2.11. The quantitative estimate of drug-likeness (QED) is 0.209. The summed E-state index contributed by atoms with van der Waals surface area (Å²) in [6, 6.07) is 14.0. The number of benzene rings is 2. The molecule has 0 aliphatic heterocycles. The molecule has 29 heavy (non-hydrogen) atoms. The molecule has 6 nitrogen and oxygen atoms in total. The van der Waals surface area contributed by atoms with Gasteiger partial charge >= 0.3 is 0 Å². The number of hydrazine groups is 1. The number of hydrogen-bond acceptors (Lipinski definition) is 4. The lowest BCUT2D eigenvalue weighted by molar-refractivity contribution is 0.0934. The van der Waals surface area contributed by atoms with Crippen LogP contribution in [0.25, 0.3) is 0 Å². The molecule has 0 fully saturated rings. The molecule has 0 saturated heterocycles. The Hall–Kier alpha value is -2.20. The normalized spacial score (nSPS) is 10.1. The zero-order valence-corrected chi connectivity index (χ0v) is 19.1. The fourth-order valence-electron chi connectivity index (χ4n) is 2.45. The van der Waals surface area contributed by atoms with Gasteiger partial charge in [-0.1, -0.05) is 38.3 Å². The number of nitrogens with one attached hydrogen (secondary N) is 3. The predicted octanol–water partition coefficient (Wildman–Crippen LogP) is 4.20. The van der Waals surface area contributed by atoms with Crippen LogP contribution in [0.2, 0.25) is 0 Å². The van der Waals surface area contributed by atoms with Gasteiger partial charge in [0.05, 0.1) is 12.2 Å². The highest BCUT2D eigenvalue weighted by Crippen LogP contribution is 2.13. The number of thiocarbonyl (C=S) groups is 1. The maximum Gasteiger partial charge on any atom is 0.270 e. The van der Waals surface area contributed by atoms with Crippen molar-refractivity contribution in [2.75, 3.05) is 6.61 Å². The summed E-state index contributed by atoms with van der Waals surface area (Å²) in [5.41, 5.74) is 5.97. The van der Waals surface area contributed by atoms with E-state index in [4.69, 9.17) is 17.0 Å². The Morgan fingerprint density at radius 2 is 1.69 bits per heavy atom. The van der Waals surface area contributed by atoms with E-state index >= 15 is 0 Å². The number of hydrogen-bond donors (Lipinski definition) is 3. The molecule has 154 valence electrons. The van der Waals surface area contributed by atoms with Crippen molar-refractivity contribution in [2.45, 2.75) is 32.6 Å². The number of ether oxygens (including phenoxy) is 1. The first-order valence-corrected chi connectivity index (χ1v) is 10.9. The van der Waals surface area contributed by atoms with E-state index < -0.39 is 0 Å². The Morgan fingerprint density at radius 3 is 2.38 bits per heavy atom. The first-order valence-electron chi connectivity index (χ1n) is 9.40. The minimum absolute atomic E-state index is 0.00513. The van der Waals surface area contributed by atoms with Crippen LogP contribution in [0.1, 0.15) is 53.3 Å². The monoisotopic (exact) mass is 525 g/mol. The van der Waals surface area contributed by atoms with Crippen LogP contribution in [-0.2, 0) is 0 Å². The summed E-state index contributed by atoms with van der Waals surface area (Å²) >= 11 is 7.14. The summed E-state index contributed by atoms with van der Waals surface area (Å²) in [6.45, 7) is 2.84. The van der Waals surface area contributed by atoms with Gasteiger partial charge in [-0.3, -0.25) is 25.8 Å². The van der Waals surface area contributed by atoms with Crippen molar-refractivity contribution >= 4 is 51.7 Å². The summed E-state index contributed by atoms with van der Waals surface area (Å²) in [5, 5.41) is 2.53. The maximum absolute atomic E-state index is 12.3. The number of rotatable bonds is 8. The molecule has 2 aromatic rings. The van der Waals surface area contributed by atoms with Crippen molar-refractivity contribution in [3.63, 3.8) is 0 Å². The number of unbranched alkanes of at least 4 members (excludes halogenated alkanes) is 3. The molecule has 0 heterocycles. The second-order valence-electron chi connectivity index (χ2n) is 6.28. The molecule has 2 aromatic carbocycles. The smallest absolute Gasteiger partial charge is 0.270 e. The fraction of sp³-hybridized carbons (Fsp3) is 0.286. The van der Waals surface area contributed by atoms with Crippen molar-refractivity contribution in [1.82, 2.24) is 16.2 Å². The Morgan fingerprint density at radius 1 is 0.966 bits per heavy atom. The molecule has 0 atom stereocenters. The Bertz CT molecular complexity index is 843. The van der Waals surface area contributed by atoms with E-state index in [0.717, 1.165) is 22.2 Å². The Labute approximate surface area is 189 Å². The lowest BCUT2D eigenvalue weighted by Gasteiger charge is -2.12. The number of halogens is 1. The lowest BCUT2D eigenvalue weighted by atomic mass is 10.2. The van der Waals surface area contributed by atoms with Crippen LogP contribution in [0.3, 0.4) is 0 Å². The number of carbonyl (C=O) groups excluding carboxylic acids is 2. The van der Waals surface area contributed by atoms with E-state index in [2.05, 4.69) is 45.7 Å². The summed E-state index contributed by atoms with van der Waals surface area (Å²) < 4.78 is 6.48. The van der Waals surface area contributed by atoms with Crippen LogP contribution in [-0.4, -0.2) is 23.5 Å². The van der Waals surface area contributed by atoms with Gasteiger partial charge in [-0.05, 0) is 77.6 Å². The summed E-state index contributed by atoms with van der Waals surface area (Å²) in [6.07, 6.45) is 4.57. The average molecular weight is 525 g/mol. The number of carbonyl (C=O) groups is 2. The Balaban J connectivity index is 1.76. The zero-order valence-electron chi connectivity index (χ0n) is 16.2. The summed E-state index contributed by atoms with van der Waals surface area (Å²) in [7, 11) is 0. The highest BCUT2D eigenvalue weighted by molar-refractivity contribution is 14.1. The molecule has 0 saturated carbocycles. The summed E-state index contributed by atoms with van der Waals surface area (Å²) in [5.74, 6) is 0.0102. The van der Waals surface area contributed by atoms with Crippen LogP contribution < -0.4 is 20.9 Å². The molecule has 0 aliphatic rings. The van der Waals surface area contributed by atoms with E-state index in [1.807, 2.05) is 12.1 Å². The molecule has 2 rings (SSSR count). The lowest BCUT2D eigenvalue weighted by Crippen LogP contribution is -2.48. The molecule has 3 N–H and O–H groups in total. The van der Waals surface area contributed by atoms with Crippen molar-refractivity contribution in [2.24, 2.45) is 0 Å². The van der Waals surface area contributed by atoms with Gasteiger partial charge in [0.2, 0.25) is 0 Å². The number of amides is 2. The van der Waals surface area contributed by atoms with E-state index in [9.17, 15) is 9.59 Å². The van der Waals surface area contributed by atoms with E-state index in [1.54, 1.807) is 36.4 Å². The molecule has 8 heteroatoms. The second-order valence-corrected chi connectivity index (χ2v) is 7.85. The second kappa shape index (κ2) is 12.4. The van der Waals surface area contributed by atoms with Crippen molar-refractivity contribution < 1.29 is 14.3 Å². The van der Waals surface area contributed by atoms with Gasteiger partial charge in [0, 0.05) is 9.13 Å². The molecular formula is C21H24IN3O3S. The minimum atomic E-state index is -0.375. The van der Waals surface area contributed by atoms with Crippen LogP contribution >= 0.6 is 34.8 Å². The van der Waals surface area contributed by atoms with E-state index in [0.29, 0.717) is 17.7 Å². The van der Waals surface area contributed by atoms with Crippen LogP contribution in [0.15, 0.2) is 48.5 Å². The zero-order chi connectivity index (χ0) is 21.1. The predicted molar refractivity (Wildman–Crippen MR) is 126 cm³/mol. The Kier molecular flexibility index (Phi) is 9.85. The van der Waals surface area contributed by atoms with Crippen molar-refractivity contribution in [3.8, 4) is 5.75 Å². The summed E-state index contributed by atoms with van der Waals surface area (Å²) in [4.78, 5) is 24.4. The van der Waals surface area contributed by atoms with Gasteiger partial charge in [-0.2, -0.15) is 0 Å².